The van der Waals surface area contributed by atoms with Crippen LogP contribution in [-0.4, -0.2) is 46.3 Å². The Hall–Kier alpha value is -5.66. The fourth-order valence-electron chi connectivity index (χ4n) is 7.43. The molecule has 0 saturated heterocycles. The van der Waals surface area contributed by atoms with Gasteiger partial charge in [0.1, 0.15) is 12.0 Å². The number of aliphatic hydroxyl groups excluding tert-OH is 1. The number of nitrogens with one attached hydrogen (secondary N) is 5. The minimum Gasteiger partial charge on any atom is -0.469 e. The van der Waals surface area contributed by atoms with E-state index in [1.807, 2.05) is 109 Å². The number of amides is 2. The first kappa shape index (κ1) is 45.4. The predicted molar refractivity (Wildman–Crippen MR) is 259 cm³/mol. The molecule has 2 amide bonds. The second kappa shape index (κ2) is 21.1. The molecule has 5 unspecified atom stereocenters. The molecule has 0 bridgehead atoms. The van der Waals surface area contributed by atoms with Gasteiger partial charge in [-0.05, 0) is 79.9 Å². The Morgan fingerprint density at radius 3 is 2.27 bits per heavy atom. The number of nitrogens with two attached hydrogens (primary N) is 1. The number of halogens is 1. The third-order valence-corrected chi connectivity index (χ3v) is 15.0. The largest absolute Gasteiger partial charge is 0.469 e. The summed E-state index contributed by atoms with van der Waals surface area (Å²) in [6, 6.07) is 37.0. The van der Waals surface area contributed by atoms with Gasteiger partial charge in [0, 0.05) is 65.1 Å². The Morgan fingerprint density at radius 2 is 1.62 bits per heavy atom. The molecule has 63 heavy (non-hydrogen) atoms. The van der Waals surface area contributed by atoms with Gasteiger partial charge in [-0.2, -0.15) is 10.5 Å². The van der Waals surface area contributed by atoms with Crippen LogP contribution in [0.25, 0.3) is 0 Å². The lowest BCUT2D eigenvalue weighted by molar-refractivity contribution is -0.115. The molecule has 2 aromatic heterocycles. The number of carbonyl (C=O) groups excluding carboxylic acids is 2. The van der Waals surface area contributed by atoms with Gasteiger partial charge in [0.05, 0.1) is 51.5 Å². The number of para-hydroxylation sites is 2. The summed E-state index contributed by atoms with van der Waals surface area (Å²) in [5.74, 6) is -1.82. The number of hydrogen-bond acceptors (Lipinski definition) is 14. The van der Waals surface area contributed by atoms with Crippen LogP contribution in [0.15, 0.2) is 152 Å². The fraction of sp³-hybridized carbons (Fsp3) is 0.217. The summed E-state index contributed by atoms with van der Waals surface area (Å²) in [7, 11) is 0. The molecule has 3 aromatic carbocycles. The van der Waals surface area contributed by atoms with Crippen molar-refractivity contribution in [2.75, 3.05) is 27.5 Å². The Kier molecular flexibility index (Phi) is 15.2. The van der Waals surface area contributed by atoms with Crippen LogP contribution in [0.5, 0.6) is 5.75 Å². The van der Waals surface area contributed by atoms with E-state index in [1.165, 1.54) is 23.1 Å². The molecule has 17 heteroatoms. The average molecular weight is 980 g/mol. The van der Waals surface area contributed by atoms with Crippen molar-refractivity contribution >= 4 is 91.0 Å². The van der Waals surface area contributed by atoms with E-state index in [9.17, 15) is 25.2 Å². The van der Waals surface area contributed by atoms with Crippen LogP contribution in [0.4, 0.5) is 17.1 Å². The van der Waals surface area contributed by atoms with Crippen molar-refractivity contribution < 1.29 is 19.4 Å². The average Bonchev–Trinajstić information content (AvgIpc) is 3.99. The zero-order valence-electron chi connectivity index (χ0n) is 34.0. The summed E-state index contributed by atoms with van der Waals surface area (Å²) in [6.07, 6.45) is -1.66. The molecule has 0 fully saturated rings. The van der Waals surface area contributed by atoms with Crippen LogP contribution < -0.4 is 37.1 Å². The third kappa shape index (κ3) is 11.1. The van der Waals surface area contributed by atoms with Gasteiger partial charge in [-0.1, -0.05) is 70.2 Å². The second-order valence-corrected chi connectivity index (χ2v) is 19.5. The Balaban J connectivity index is 1.17. The van der Waals surface area contributed by atoms with E-state index in [0.29, 0.717) is 43.9 Å². The first-order chi connectivity index (χ1) is 30.5. The lowest BCUT2D eigenvalue weighted by atomic mass is 9.80. The lowest BCUT2D eigenvalue weighted by Gasteiger charge is -2.39. The Morgan fingerprint density at radius 1 is 0.921 bits per heavy atom. The molecule has 6 atom stereocenters. The minimum absolute atomic E-state index is 0.0582. The molecule has 0 spiro atoms. The van der Waals surface area contributed by atoms with Gasteiger partial charge in [0.25, 0.3) is 5.91 Å². The highest BCUT2D eigenvalue weighted by Gasteiger charge is 2.42. The highest BCUT2D eigenvalue weighted by Crippen LogP contribution is 2.46. The zero-order valence-corrected chi connectivity index (χ0v) is 38.9. The fourth-order valence-corrected chi connectivity index (χ4v) is 11.6. The van der Waals surface area contributed by atoms with Crippen molar-refractivity contribution in [2.45, 2.75) is 43.5 Å². The van der Waals surface area contributed by atoms with E-state index in [1.54, 1.807) is 30.4 Å². The third-order valence-electron chi connectivity index (χ3n) is 10.2. The number of dihydropyridines is 1. The van der Waals surface area contributed by atoms with E-state index >= 15 is 0 Å². The summed E-state index contributed by atoms with van der Waals surface area (Å²) in [5, 5.41) is 53.4. The van der Waals surface area contributed by atoms with Gasteiger partial charge in [0.2, 0.25) is 5.91 Å². The number of benzene rings is 3. The van der Waals surface area contributed by atoms with Crippen molar-refractivity contribution in [2.24, 2.45) is 11.7 Å². The molecular formula is C46H43BrN8O4S4. The maximum atomic E-state index is 14.0. The van der Waals surface area contributed by atoms with E-state index in [2.05, 4.69) is 54.7 Å². The topological polar surface area (TPSA) is 197 Å². The van der Waals surface area contributed by atoms with Crippen molar-refractivity contribution in [3.63, 3.8) is 0 Å². The summed E-state index contributed by atoms with van der Waals surface area (Å²) in [4.78, 5) is 27.5. The number of nitriles is 2. The van der Waals surface area contributed by atoms with Gasteiger partial charge >= 0.3 is 0 Å². The normalized spacial score (nSPS) is 19.5. The molecule has 7 rings (SSSR count). The lowest BCUT2D eigenvalue weighted by Crippen LogP contribution is -2.45. The van der Waals surface area contributed by atoms with E-state index < -0.39 is 30.2 Å². The standard InChI is InChI=1S/C46H43BrN8O4S4/c1-26-39(43(57)54-29-10-5-3-6-11-29)41(35-14-9-19-60-35)33(21-48)46(52-26)63-25-38(53-31-17-15-28(47)16-18-31)59-32-20-36(61-23-32)42-34(22-49)45(62-24-37(50)56)51-27(2)40(42)44(58)55-30-12-7-4-8-13-30/h3-20,23,33,38,41-43,46,51-54,57H,24-25H2,1-2H3,(H2,50,56)(H,55,58)/t33?,38?,41?,42-,43?,46?/m0/s1. The van der Waals surface area contributed by atoms with Crippen molar-refractivity contribution in [1.82, 2.24) is 10.6 Å². The van der Waals surface area contributed by atoms with Crippen LogP contribution in [0, 0.1) is 28.6 Å². The smallest absolute Gasteiger partial charge is 0.254 e. The highest BCUT2D eigenvalue weighted by atomic mass is 79.9. The molecule has 2 aliphatic rings. The summed E-state index contributed by atoms with van der Waals surface area (Å²) in [6.45, 7) is 3.70. The molecule has 4 heterocycles. The number of rotatable bonds is 17. The summed E-state index contributed by atoms with van der Waals surface area (Å²) < 4.78 is 7.64. The van der Waals surface area contributed by atoms with Crippen molar-refractivity contribution in [3.05, 3.63) is 161 Å². The van der Waals surface area contributed by atoms with Crippen LogP contribution in [-0.2, 0) is 9.59 Å². The Labute approximate surface area is 390 Å². The molecule has 2 aliphatic heterocycles. The first-order valence-electron chi connectivity index (χ1n) is 19.7. The molecule has 8 N–H and O–H groups in total. The molecule has 0 aliphatic carbocycles. The van der Waals surface area contributed by atoms with Crippen LogP contribution in [0.3, 0.4) is 0 Å². The molecule has 322 valence electrons. The maximum absolute atomic E-state index is 14.0. The number of nitrogens with zero attached hydrogens (tertiary/aromatic N) is 2. The number of allylic oxidation sites excluding steroid dienone is 3. The number of ether oxygens (including phenoxy) is 1. The second-order valence-electron chi connectivity index (χ2n) is 14.5. The predicted octanol–water partition coefficient (Wildman–Crippen LogP) is 9.23. The number of aliphatic hydroxyl groups is 1. The monoisotopic (exact) mass is 978 g/mol. The van der Waals surface area contributed by atoms with Gasteiger partial charge in [0.15, 0.2) is 6.23 Å². The number of carbonyl (C=O) groups is 2. The number of anilines is 3. The maximum Gasteiger partial charge on any atom is 0.254 e. The van der Waals surface area contributed by atoms with Gasteiger partial charge in [-0.25, -0.2) is 0 Å². The van der Waals surface area contributed by atoms with Gasteiger partial charge in [-0.3, -0.25) is 9.59 Å². The van der Waals surface area contributed by atoms with Crippen molar-refractivity contribution in [1.29, 1.82) is 10.5 Å². The van der Waals surface area contributed by atoms with Gasteiger partial charge in [-0.15, -0.1) is 34.4 Å². The minimum atomic E-state index is -1.05. The molecule has 0 radical (unpaired) electrons. The van der Waals surface area contributed by atoms with Crippen LogP contribution in [0.1, 0.15) is 35.4 Å². The highest BCUT2D eigenvalue weighted by molar-refractivity contribution is 9.10. The zero-order chi connectivity index (χ0) is 44.5. The van der Waals surface area contributed by atoms with E-state index in [4.69, 9.17) is 10.5 Å². The molecule has 5 aromatic rings. The van der Waals surface area contributed by atoms with Gasteiger partial charge < -0.3 is 42.2 Å². The van der Waals surface area contributed by atoms with Crippen LogP contribution >= 0.6 is 62.1 Å². The summed E-state index contributed by atoms with van der Waals surface area (Å²) in [5.41, 5.74) is 10.3. The van der Waals surface area contributed by atoms with E-state index in [0.717, 1.165) is 38.2 Å². The number of primary amides is 1. The molecule has 0 saturated carbocycles. The van der Waals surface area contributed by atoms with Crippen molar-refractivity contribution in [3.8, 4) is 17.9 Å². The number of thioether (sulfide) groups is 2. The number of hydrogen-bond donors (Lipinski definition) is 7. The number of thiophene rings is 2. The first-order valence-corrected chi connectivity index (χ1v) is 24.3. The quantitative estimate of drug-likeness (QED) is 0.0437. The Bertz CT molecular complexity index is 2590. The molecule has 12 nitrogen and oxygen atoms in total. The SMILES string of the molecule is CC1=C(C(O)Nc2ccccc2)C(c2cccs2)C(C#N)C(SCC(Nc2ccc(Br)cc2)Oc2csc([C@@H]3C(C#N)=C(SCC(N)=O)NC(C)=C3C(=O)Nc3ccccc3)c2)N1. The molecular weight excluding hydrogens is 937 g/mol. The summed E-state index contributed by atoms with van der Waals surface area (Å²) >= 11 is 9.07. The van der Waals surface area contributed by atoms with Crippen LogP contribution in [0.2, 0.25) is 0 Å². The van der Waals surface area contributed by atoms with E-state index in [-0.39, 0.29) is 28.5 Å².